The van der Waals surface area contributed by atoms with Gasteiger partial charge in [-0.15, -0.1) is 5.54 Å². The third-order valence-corrected chi connectivity index (χ3v) is 7.50. The van der Waals surface area contributed by atoms with E-state index in [-0.39, 0.29) is 11.3 Å². The third kappa shape index (κ3) is 5.38. The van der Waals surface area contributed by atoms with Crippen LogP contribution < -0.4 is 5.56 Å². The fraction of sp³-hybridized carbons (Fsp3) is 0.226. The van der Waals surface area contributed by atoms with Crippen molar-refractivity contribution < 1.29 is 4.79 Å². The summed E-state index contributed by atoms with van der Waals surface area (Å²) in [6.45, 7) is 7.37. The molecule has 0 N–H and O–H groups in total. The molecule has 4 aromatic rings. The molecule has 1 aliphatic rings. The second kappa shape index (κ2) is 9.58. The van der Waals surface area contributed by atoms with E-state index in [9.17, 15) is 9.59 Å². The van der Waals surface area contributed by atoms with Gasteiger partial charge in [-0.2, -0.15) is 0 Å². The van der Waals surface area contributed by atoms with Gasteiger partial charge in [-0.05, 0) is 84.5 Å². The van der Waals surface area contributed by atoms with Crippen molar-refractivity contribution in [3.8, 4) is 22.6 Å². The second-order valence-electron chi connectivity index (χ2n) is 10.6. The molecule has 1 aliphatic carbocycles. The molecule has 5 heteroatoms. The summed E-state index contributed by atoms with van der Waals surface area (Å²) in [6.07, 6.45) is 2.31. The fourth-order valence-electron chi connectivity index (χ4n) is 4.30. The summed E-state index contributed by atoms with van der Waals surface area (Å²) < 4.78 is 1.86. The summed E-state index contributed by atoms with van der Waals surface area (Å²) in [7, 11) is -1.52. The van der Waals surface area contributed by atoms with Crippen LogP contribution in [-0.4, -0.2) is 18.4 Å². The summed E-state index contributed by atoms with van der Waals surface area (Å²) in [6, 6.07) is 22.3. The zero-order chi connectivity index (χ0) is 25.4. The molecule has 0 atom stereocenters. The van der Waals surface area contributed by atoms with Crippen LogP contribution in [0.2, 0.25) is 24.7 Å². The van der Waals surface area contributed by atoms with E-state index in [0.29, 0.717) is 28.6 Å². The first kappa shape index (κ1) is 24.3. The largest absolute Gasteiger partial charge is 0.308 e. The van der Waals surface area contributed by atoms with Gasteiger partial charge >= 0.3 is 0 Å². The van der Waals surface area contributed by atoms with Crippen molar-refractivity contribution in [2.45, 2.75) is 39.0 Å². The number of hydrogen-bond acceptors (Lipinski definition) is 2. The lowest BCUT2D eigenvalue weighted by Gasteiger charge is -2.15. The zero-order valence-corrected chi connectivity index (χ0v) is 22.5. The molecule has 36 heavy (non-hydrogen) atoms. The molecular formula is C31H28ClNO2Si. The smallest absolute Gasteiger partial charge is 0.251 e. The minimum Gasteiger partial charge on any atom is -0.308 e. The van der Waals surface area contributed by atoms with Gasteiger partial charge in [-0.3, -0.25) is 9.59 Å². The first-order valence-corrected chi connectivity index (χ1v) is 16.2. The number of carbonyl (C=O) groups is 1. The van der Waals surface area contributed by atoms with Crippen LogP contribution in [0.4, 0.5) is 0 Å². The molecule has 1 heterocycles. The Morgan fingerprint density at radius 2 is 1.69 bits per heavy atom. The molecule has 1 aromatic heterocycles. The molecule has 0 amide bonds. The van der Waals surface area contributed by atoms with E-state index >= 15 is 0 Å². The highest BCUT2D eigenvalue weighted by molar-refractivity contribution is 6.83. The number of ketones is 1. The van der Waals surface area contributed by atoms with Gasteiger partial charge in [0.05, 0.1) is 5.52 Å². The first-order valence-electron chi connectivity index (χ1n) is 12.3. The molecule has 180 valence electrons. The third-order valence-electron chi connectivity index (χ3n) is 6.37. The summed E-state index contributed by atoms with van der Waals surface area (Å²) in [5.41, 5.74) is 8.10. The molecule has 0 bridgehead atoms. The Balaban J connectivity index is 1.67. The lowest BCUT2D eigenvalue weighted by molar-refractivity contribution is 0.103. The maximum absolute atomic E-state index is 13.3. The molecule has 0 radical (unpaired) electrons. The average molecular weight is 510 g/mol. The van der Waals surface area contributed by atoms with E-state index < -0.39 is 8.07 Å². The van der Waals surface area contributed by atoms with Crippen LogP contribution in [0.3, 0.4) is 0 Å². The van der Waals surface area contributed by atoms with Gasteiger partial charge in [-0.25, -0.2) is 0 Å². The molecule has 3 nitrogen and oxygen atoms in total. The predicted octanol–water partition coefficient (Wildman–Crippen LogP) is 7.19. The molecular weight excluding hydrogens is 482 g/mol. The highest BCUT2D eigenvalue weighted by Gasteiger charge is 2.24. The van der Waals surface area contributed by atoms with Crippen molar-refractivity contribution in [2.24, 2.45) is 5.92 Å². The van der Waals surface area contributed by atoms with Crippen molar-refractivity contribution in [1.82, 2.24) is 4.57 Å². The Morgan fingerprint density at radius 1 is 0.972 bits per heavy atom. The van der Waals surface area contributed by atoms with Crippen LogP contribution in [0.15, 0.2) is 77.6 Å². The second-order valence-corrected chi connectivity index (χ2v) is 15.8. The minimum absolute atomic E-state index is 0.0141. The number of benzene rings is 3. The molecule has 0 aliphatic heterocycles. The lowest BCUT2D eigenvalue weighted by atomic mass is 9.95. The summed E-state index contributed by atoms with van der Waals surface area (Å²) in [4.78, 5) is 26.6. The molecule has 1 fully saturated rings. The highest BCUT2D eigenvalue weighted by atomic mass is 35.5. The average Bonchev–Trinajstić information content (AvgIpc) is 3.68. The van der Waals surface area contributed by atoms with Gasteiger partial charge in [0.25, 0.3) is 5.56 Å². The number of rotatable bonds is 5. The normalized spacial score (nSPS) is 13.3. The predicted molar refractivity (Wildman–Crippen MR) is 151 cm³/mol. The van der Waals surface area contributed by atoms with Crippen LogP contribution in [0, 0.1) is 17.4 Å². The van der Waals surface area contributed by atoms with E-state index in [0.717, 1.165) is 40.4 Å². The highest BCUT2D eigenvalue weighted by Crippen LogP contribution is 2.34. The molecule has 0 unspecified atom stereocenters. The van der Waals surface area contributed by atoms with Crippen LogP contribution in [0.25, 0.3) is 22.0 Å². The zero-order valence-electron chi connectivity index (χ0n) is 20.8. The lowest BCUT2D eigenvalue weighted by Crippen LogP contribution is -2.21. The molecule has 1 saturated carbocycles. The van der Waals surface area contributed by atoms with Gasteiger partial charge in [0.1, 0.15) is 8.07 Å². The van der Waals surface area contributed by atoms with Gasteiger partial charge in [-0.1, -0.05) is 49.3 Å². The van der Waals surface area contributed by atoms with Crippen LogP contribution in [0.1, 0.15) is 34.3 Å². The van der Waals surface area contributed by atoms with Crippen LogP contribution >= 0.6 is 11.6 Å². The molecule has 3 aromatic carbocycles. The van der Waals surface area contributed by atoms with Gasteiger partial charge in [0.15, 0.2) is 5.78 Å². The standard InChI is InChI=1S/C31H28ClNO2Si/c1-36(2,3)16-15-21-5-4-6-24(17-21)27-19-30(34)33(20-22-7-8-22)29-14-11-25(18-28(27)29)31(35)23-9-12-26(32)13-10-23/h4-6,9-14,17-19,22H,7-8,20H2,1-3H3. The Bertz CT molecular complexity index is 1600. The molecule has 0 saturated heterocycles. The summed E-state index contributed by atoms with van der Waals surface area (Å²) in [5, 5.41) is 1.49. The Labute approximate surface area is 217 Å². The van der Waals surface area contributed by atoms with Crippen molar-refractivity contribution >= 4 is 36.4 Å². The van der Waals surface area contributed by atoms with E-state index in [4.69, 9.17) is 11.6 Å². The maximum Gasteiger partial charge on any atom is 0.251 e. The number of carbonyl (C=O) groups excluding carboxylic acids is 1. The fourth-order valence-corrected chi connectivity index (χ4v) is 4.95. The summed E-state index contributed by atoms with van der Waals surface area (Å²) >= 11 is 6.02. The topological polar surface area (TPSA) is 39.1 Å². The number of halogens is 1. The van der Waals surface area contributed by atoms with Crippen molar-refractivity contribution in [3.63, 3.8) is 0 Å². The number of pyridine rings is 1. The Kier molecular flexibility index (Phi) is 6.47. The van der Waals surface area contributed by atoms with Crippen molar-refractivity contribution in [2.75, 3.05) is 0 Å². The van der Waals surface area contributed by atoms with Gasteiger partial charge in [0, 0.05) is 39.7 Å². The number of aromatic nitrogens is 1. The SMILES string of the molecule is C[Si](C)(C)C#Cc1cccc(-c2cc(=O)n(CC3CC3)c3ccc(C(=O)c4ccc(Cl)cc4)cc23)c1. The Hall–Kier alpha value is -3.39. The van der Waals surface area contributed by atoms with E-state index in [1.165, 1.54) is 0 Å². The van der Waals surface area contributed by atoms with E-state index in [2.05, 4.69) is 31.1 Å². The summed E-state index contributed by atoms with van der Waals surface area (Å²) in [5.74, 6) is 3.80. The monoisotopic (exact) mass is 509 g/mol. The van der Waals surface area contributed by atoms with Crippen molar-refractivity contribution in [3.05, 3.63) is 105 Å². The number of fused-ring (bicyclic) bond motifs is 1. The van der Waals surface area contributed by atoms with Crippen LogP contribution in [0.5, 0.6) is 0 Å². The molecule has 5 rings (SSSR count). The Morgan fingerprint density at radius 3 is 2.39 bits per heavy atom. The minimum atomic E-state index is -1.52. The first-order chi connectivity index (χ1) is 17.2. The van der Waals surface area contributed by atoms with Gasteiger partial charge in [0.2, 0.25) is 0 Å². The molecule has 0 spiro atoms. The number of nitrogens with zero attached hydrogens (tertiary/aromatic N) is 1. The number of hydrogen-bond donors (Lipinski definition) is 0. The van der Waals surface area contributed by atoms with Crippen LogP contribution in [-0.2, 0) is 6.54 Å². The van der Waals surface area contributed by atoms with Gasteiger partial charge < -0.3 is 4.57 Å². The quantitative estimate of drug-likeness (QED) is 0.162. The van der Waals surface area contributed by atoms with E-state index in [1.807, 2.05) is 47.0 Å². The van der Waals surface area contributed by atoms with Crippen molar-refractivity contribution in [1.29, 1.82) is 0 Å². The van der Waals surface area contributed by atoms with E-state index in [1.54, 1.807) is 30.3 Å². The maximum atomic E-state index is 13.3.